The summed E-state index contributed by atoms with van der Waals surface area (Å²) in [5, 5.41) is 10.8. The number of aliphatic imine (C=N–C) groups is 1. The van der Waals surface area contributed by atoms with Gasteiger partial charge in [-0.05, 0) is 32.0 Å². The molecule has 0 spiro atoms. The summed E-state index contributed by atoms with van der Waals surface area (Å²) in [7, 11) is 1.93. The average molecular weight is 459 g/mol. The molecule has 132 valence electrons. The van der Waals surface area contributed by atoms with Crippen LogP contribution in [-0.4, -0.2) is 34.6 Å². The Morgan fingerprint density at radius 2 is 1.96 bits per heavy atom. The van der Waals surface area contributed by atoms with E-state index in [-0.39, 0.29) is 24.0 Å². The first-order valence-electron chi connectivity index (χ1n) is 7.87. The van der Waals surface area contributed by atoms with Gasteiger partial charge in [0, 0.05) is 37.0 Å². The Morgan fingerprint density at radius 3 is 2.58 bits per heavy atom. The lowest BCUT2D eigenvalue weighted by Gasteiger charge is -2.11. The molecule has 0 unspecified atom stereocenters. The number of rotatable bonds is 7. The van der Waals surface area contributed by atoms with Gasteiger partial charge in [-0.2, -0.15) is 5.10 Å². The van der Waals surface area contributed by atoms with E-state index in [2.05, 4.69) is 58.8 Å². The van der Waals surface area contributed by atoms with Crippen LogP contribution < -0.4 is 10.6 Å². The summed E-state index contributed by atoms with van der Waals surface area (Å²) in [6.07, 6.45) is 1.80. The number of halogens is 1. The molecule has 0 atom stereocenters. The summed E-state index contributed by atoms with van der Waals surface area (Å²) >= 11 is 1.85. The highest BCUT2D eigenvalue weighted by Crippen LogP contribution is 2.17. The molecule has 0 fully saturated rings. The maximum absolute atomic E-state index is 4.60. The fourth-order valence-electron chi connectivity index (χ4n) is 2.03. The molecular formula is C17H26IN5S. The van der Waals surface area contributed by atoms with Crippen molar-refractivity contribution in [2.45, 2.75) is 25.3 Å². The second kappa shape index (κ2) is 11.4. The first-order chi connectivity index (χ1) is 11.2. The van der Waals surface area contributed by atoms with Gasteiger partial charge in [0.2, 0.25) is 0 Å². The smallest absolute Gasteiger partial charge is 0.191 e. The van der Waals surface area contributed by atoms with Gasteiger partial charge < -0.3 is 10.6 Å². The molecule has 0 amide bonds. The zero-order valence-electron chi connectivity index (χ0n) is 14.5. The topological polar surface area (TPSA) is 54.2 Å². The van der Waals surface area contributed by atoms with Crippen LogP contribution >= 0.6 is 35.7 Å². The van der Waals surface area contributed by atoms with Crippen molar-refractivity contribution in [3.8, 4) is 0 Å². The number of hydrogen-bond donors (Lipinski definition) is 2. The van der Waals surface area contributed by atoms with E-state index in [9.17, 15) is 0 Å². The third-order valence-electron chi connectivity index (χ3n) is 3.35. The molecule has 0 aliphatic rings. The Kier molecular flexibility index (Phi) is 9.85. The Labute approximate surface area is 165 Å². The van der Waals surface area contributed by atoms with Crippen LogP contribution in [0, 0.1) is 6.92 Å². The van der Waals surface area contributed by atoms with E-state index in [0.717, 1.165) is 30.5 Å². The summed E-state index contributed by atoms with van der Waals surface area (Å²) < 4.78 is 1.85. The van der Waals surface area contributed by atoms with Crippen LogP contribution in [0.3, 0.4) is 0 Å². The van der Waals surface area contributed by atoms with Crippen LogP contribution in [0.2, 0.25) is 0 Å². The Bertz CT molecular complexity index is 624. The summed E-state index contributed by atoms with van der Waals surface area (Å²) in [6, 6.07) is 10.6. The van der Waals surface area contributed by atoms with Crippen LogP contribution in [-0.2, 0) is 13.6 Å². The van der Waals surface area contributed by atoms with Crippen LogP contribution in [0.1, 0.15) is 18.2 Å². The maximum atomic E-state index is 4.60. The van der Waals surface area contributed by atoms with Crippen molar-refractivity contribution in [3.05, 3.63) is 47.8 Å². The monoisotopic (exact) mass is 459 g/mol. The molecular weight excluding hydrogens is 433 g/mol. The normalized spacial score (nSPS) is 11.0. The van der Waals surface area contributed by atoms with E-state index in [0.29, 0.717) is 6.54 Å². The highest BCUT2D eigenvalue weighted by atomic mass is 127. The molecule has 1 aromatic heterocycles. The molecule has 2 N–H and O–H groups in total. The molecule has 1 aromatic carbocycles. The number of guanidine groups is 1. The molecule has 7 heteroatoms. The summed E-state index contributed by atoms with van der Waals surface area (Å²) in [5.41, 5.74) is 2.39. The van der Waals surface area contributed by atoms with E-state index in [1.807, 2.05) is 29.6 Å². The third-order valence-corrected chi connectivity index (χ3v) is 4.36. The zero-order chi connectivity index (χ0) is 16.5. The van der Waals surface area contributed by atoms with Gasteiger partial charge in [0.25, 0.3) is 0 Å². The summed E-state index contributed by atoms with van der Waals surface area (Å²) in [4.78, 5) is 5.90. The first kappa shape index (κ1) is 20.8. The fourth-order valence-corrected chi connectivity index (χ4v) is 2.80. The van der Waals surface area contributed by atoms with Crippen molar-refractivity contribution in [2.75, 3.05) is 18.8 Å². The summed E-state index contributed by atoms with van der Waals surface area (Å²) in [6.45, 7) is 6.52. The van der Waals surface area contributed by atoms with Crippen LogP contribution in [0.5, 0.6) is 0 Å². The lowest BCUT2D eigenvalue weighted by atomic mass is 10.2. The highest BCUT2D eigenvalue weighted by molar-refractivity contribution is 14.0. The second-order valence-corrected chi connectivity index (χ2v) is 6.40. The minimum absolute atomic E-state index is 0. The Hall–Kier alpha value is -1.22. The molecule has 2 rings (SSSR count). The number of aromatic nitrogens is 2. The van der Waals surface area contributed by atoms with Crippen LogP contribution in [0.15, 0.2) is 46.4 Å². The second-order valence-electron chi connectivity index (χ2n) is 5.23. The predicted octanol–water partition coefficient (Wildman–Crippen LogP) is 3.19. The Balaban J connectivity index is 0.00000288. The lowest BCUT2D eigenvalue weighted by Crippen LogP contribution is -2.38. The van der Waals surface area contributed by atoms with E-state index >= 15 is 0 Å². The van der Waals surface area contributed by atoms with E-state index in [1.165, 1.54) is 10.5 Å². The third kappa shape index (κ3) is 7.12. The fraction of sp³-hybridized carbons (Fsp3) is 0.412. The minimum Gasteiger partial charge on any atom is -0.357 e. The van der Waals surface area contributed by atoms with Crippen molar-refractivity contribution < 1.29 is 0 Å². The zero-order valence-corrected chi connectivity index (χ0v) is 17.6. The van der Waals surface area contributed by atoms with Crippen molar-refractivity contribution >= 4 is 41.7 Å². The largest absolute Gasteiger partial charge is 0.357 e. The van der Waals surface area contributed by atoms with Gasteiger partial charge in [-0.3, -0.25) is 4.68 Å². The predicted molar refractivity (Wildman–Crippen MR) is 113 cm³/mol. The molecule has 0 saturated carbocycles. The molecule has 5 nitrogen and oxygen atoms in total. The minimum atomic E-state index is 0. The molecule has 1 heterocycles. The molecule has 0 saturated heterocycles. The van der Waals surface area contributed by atoms with Gasteiger partial charge in [0.05, 0.1) is 12.2 Å². The van der Waals surface area contributed by atoms with Crippen LogP contribution in [0.4, 0.5) is 0 Å². The first-order valence-corrected chi connectivity index (χ1v) is 8.86. The number of nitrogens with zero attached hydrogens (tertiary/aromatic N) is 3. The maximum Gasteiger partial charge on any atom is 0.191 e. The lowest BCUT2D eigenvalue weighted by molar-refractivity contribution is 0.708. The highest BCUT2D eigenvalue weighted by Gasteiger charge is 2.00. The standard InChI is InChI=1S/C17H25N5S.HI/c1-4-18-17(20-13-15-9-10-21-22(15)3)19-11-12-23-16-7-5-14(2)6-8-16;/h5-10H,4,11-13H2,1-3H3,(H2,18,19,20);1H. The number of benzene rings is 1. The molecule has 2 aromatic rings. The Morgan fingerprint density at radius 1 is 1.21 bits per heavy atom. The van der Waals surface area contributed by atoms with E-state index in [4.69, 9.17) is 0 Å². The quantitative estimate of drug-likeness (QED) is 0.220. The number of nitrogens with one attached hydrogen (secondary N) is 2. The summed E-state index contributed by atoms with van der Waals surface area (Å²) in [5.74, 6) is 1.84. The molecule has 24 heavy (non-hydrogen) atoms. The number of hydrogen-bond acceptors (Lipinski definition) is 3. The molecule has 0 aliphatic carbocycles. The van der Waals surface area contributed by atoms with Crippen molar-refractivity contribution in [3.63, 3.8) is 0 Å². The molecule has 0 bridgehead atoms. The van der Waals surface area contributed by atoms with Crippen molar-refractivity contribution in [1.29, 1.82) is 0 Å². The van der Waals surface area contributed by atoms with Crippen molar-refractivity contribution in [2.24, 2.45) is 12.0 Å². The van der Waals surface area contributed by atoms with Gasteiger partial charge >= 0.3 is 0 Å². The SMILES string of the molecule is CCNC(=NCc1ccnn1C)NCCSc1ccc(C)cc1.I. The molecule has 0 radical (unpaired) electrons. The van der Waals surface area contributed by atoms with Gasteiger partial charge in [-0.1, -0.05) is 17.7 Å². The van der Waals surface area contributed by atoms with Gasteiger partial charge in [-0.15, -0.1) is 35.7 Å². The van der Waals surface area contributed by atoms with Gasteiger partial charge in [-0.25, -0.2) is 4.99 Å². The van der Waals surface area contributed by atoms with E-state index < -0.39 is 0 Å². The molecule has 0 aliphatic heterocycles. The van der Waals surface area contributed by atoms with Crippen LogP contribution in [0.25, 0.3) is 0 Å². The van der Waals surface area contributed by atoms with E-state index in [1.54, 1.807) is 6.20 Å². The van der Waals surface area contributed by atoms with Crippen molar-refractivity contribution in [1.82, 2.24) is 20.4 Å². The number of aryl methyl sites for hydroxylation is 2. The van der Waals surface area contributed by atoms with Gasteiger partial charge in [0.1, 0.15) is 0 Å². The number of thioether (sulfide) groups is 1. The average Bonchev–Trinajstić information content (AvgIpc) is 2.96. The van der Waals surface area contributed by atoms with Gasteiger partial charge in [0.15, 0.2) is 5.96 Å².